The zero-order chi connectivity index (χ0) is 19.3. The lowest BCUT2D eigenvalue weighted by atomic mass is 9.74. The maximum atomic E-state index is 12.9. The maximum Gasteiger partial charge on any atom is 0.255 e. The van der Waals surface area contributed by atoms with Crippen LogP contribution in [0.5, 0.6) is 5.75 Å². The van der Waals surface area contributed by atoms with E-state index in [0.29, 0.717) is 31.1 Å². The van der Waals surface area contributed by atoms with E-state index >= 15 is 0 Å². The van der Waals surface area contributed by atoms with Gasteiger partial charge in [0.15, 0.2) is 0 Å². The third-order valence-corrected chi connectivity index (χ3v) is 5.47. The van der Waals surface area contributed by atoms with E-state index in [2.05, 4.69) is 45.5 Å². The minimum Gasteiger partial charge on any atom is -0.490 e. The summed E-state index contributed by atoms with van der Waals surface area (Å²) in [6.07, 6.45) is 1.79. The lowest BCUT2D eigenvalue weighted by molar-refractivity contribution is 0.0486. The van der Waals surface area contributed by atoms with Gasteiger partial charge >= 0.3 is 0 Å². The van der Waals surface area contributed by atoms with Crippen LogP contribution >= 0.6 is 15.9 Å². The topological polar surface area (TPSA) is 47.6 Å². The van der Waals surface area contributed by atoms with E-state index in [-0.39, 0.29) is 17.4 Å². The summed E-state index contributed by atoms with van der Waals surface area (Å²) in [5.41, 5.74) is 1.72. The van der Waals surface area contributed by atoms with Gasteiger partial charge in [-0.2, -0.15) is 0 Å². The first kappa shape index (κ1) is 19.9. The number of benzene rings is 2. The molecular weight excluding hydrogens is 406 g/mol. The molecule has 0 aliphatic carbocycles. The van der Waals surface area contributed by atoms with Gasteiger partial charge in [-0.25, -0.2) is 0 Å². The monoisotopic (exact) mass is 431 g/mol. The third kappa shape index (κ3) is 4.90. The molecule has 1 aliphatic heterocycles. The lowest BCUT2D eigenvalue weighted by Gasteiger charge is -2.38. The highest BCUT2D eigenvalue weighted by atomic mass is 79.9. The van der Waals surface area contributed by atoms with Crippen LogP contribution in [0.4, 0.5) is 0 Å². The van der Waals surface area contributed by atoms with E-state index in [1.807, 2.05) is 32.0 Å². The molecule has 0 spiro atoms. The molecule has 5 heteroatoms. The first-order valence-corrected chi connectivity index (χ1v) is 10.2. The summed E-state index contributed by atoms with van der Waals surface area (Å²) in [6, 6.07) is 15.9. The fourth-order valence-corrected chi connectivity index (χ4v) is 3.84. The van der Waals surface area contributed by atoms with Crippen molar-refractivity contribution >= 4 is 21.8 Å². The van der Waals surface area contributed by atoms with Crippen molar-refractivity contribution in [3.05, 3.63) is 64.1 Å². The second kappa shape index (κ2) is 8.89. The van der Waals surface area contributed by atoms with Crippen LogP contribution in [-0.4, -0.2) is 31.8 Å². The molecule has 3 rings (SSSR count). The largest absolute Gasteiger partial charge is 0.490 e. The van der Waals surface area contributed by atoms with Gasteiger partial charge in [0.25, 0.3) is 5.91 Å². The minimum atomic E-state index is -0.111. The SMILES string of the molecule is CC(C)Oc1cc(Br)ccc1C(=O)NCC1(c2ccccc2)CCOCC1. The lowest BCUT2D eigenvalue weighted by Crippen LogP contribution is -2.44. The Kier molecular flexibility index (Phi) is 6.55. The summed E-state index contributed by atoms with van der Waals surface area (Å²) < 4.78 is 12.3. The molecule has 2 aromatic carbocycles. The molecule has 27 heavy (non-hydrogen) atoms. The number of rotatable bonds is 6. The van der Waals surface area contributed by atoms with Gasteiger partial charge in [-0.15, -0.1) is 0 Å². The van der Waals surface area contributed by atoms with Crippen molar-refractivity contribution in [2.24, 2.45) is 0 Å². The third-order valence-electron chi connectivity index (χ3n) is 4.97. The number of hydrogen-bond donors (Lipinski definition) is 1. The summed E-state index contributed by atoms with van der Waals surface area (Å²) in [6.45, 7) is 5.91. The summed E-state index contributed by atoms with van der Waals surface area (Å²) in [4.78, 5) is 12.9. The highest BCUT2D eigenvalue weighted by Crippen LogP contribution is 2.34. The van der Waals surface area contributed by atoms with E-state index in [0.717, 1.165) is 17.3 Å². The fourth-order valence-electron chi connectivity index (χ4n) is 3.50. The molecule has 1 aliphatic rings. The van der Waals surface area contributed by atoms with Crippen molar-refractivity contribution in [2.45, 2.75) is 38.2 Å². The predicted octanol–water partition coefficient (Wildman–Crippen LogP) is 4.71. The number of amides is 1. The van der Waals surface area contributed by atoms with Crippen molar-refractivity contribution in [2.75, 3.05) is 19.8 Å². The van der Waals surface area contributed by atoms with E-state index in [1.54, 1.807) is 6.07 Å². The Morgan fingerprint density at radius 1 is 1.19 bits per heavy atom. The fraction of sp³-hybridized carbons (Fsp3) is 0.409. The van der Waals surface area contributed by atoms with E-state index < -0.39 is 0 Å². The number of hydrogen-bond acceptors (Lipinski definition) is 3. The Hall–Kier alpha value is -1.85. The van der Waals surface area contributed by atoms with Gasteiger partial charge in [0.1, 0.15) is 5.75 Å². The smallest absolute Gasteiger partial charge is 0.255 e. The first-order valence-electron chi connectivity index (χ1n) is 9.38. The van der Waals surface area contributed by atoms with Crippen LogP contribution in [0.1, 0.15) is 42.6 Å². The Morgan fingerprint density at radius 3 is 2.56 bits per heavy atom. The van der Waals surface area contributed by atoms with Gasteiger partial charge in [0.05, 0.1) is 11.7 Å². The molecule has 0 saturated carbocycles. The van der Waals surface area contributed by atoms with Crippen LogP contribution < -0.4 is 10.1 Å². The predicted molar refractivity (Wildman–Crippen MR) is 110 cm³/mol. The van der Waals surface area contributed by atoms with Crippen LogP contribution in [0.2, 0.25) is 0 Å². The van der Waals surface area contributed by atoms with E-state index in [9.17, 15) is 4.79 Å². The van der Waals surface area contributed by atoms with Crippen LogP contribution in [0.25, 0.3) is 0 Å². The summed E-state index contributed by atoms with van der Waals surface area (Å²) in [5.74, 6) is 0.484. The van der Waals surface area contributed by atoms with Crippen LogP contribution in [-0.2, 0) is 10.2 Å². The zero-order valence-electron chi connectivity index (χ0n) is 15.8. The number of carbonyl (C=O) groups is 1. The second-order valence-corrected chi connectivity index (χ2v) is 8.16. The molecule has 0 radical (unpaired) electrons. The van der Waals surface area contributed by atoms with Gasteiger partial charge in [0.2, 0.25) is 0 Å². The van der Waals surface area contributed by atoms with Gasteiger partial charge in [-0.05, 0) is 50.5 Å². The van der Waals surface area contributed by atoms with Gasteiger partial charge in [-0.1, -0.05) is 46.3 Å². The van der Waals surface area contributed by atoms with Crippen LogP contribution in [0.3, 0.4) is 0 Å². The molecule has 1 fully saturated rings. The number of halogens is 1. The molecular formula is C22H26BrNO3. The van der Waals surface area contributed by atoms with Crippen molar-refractivity contribution in [3.63, 3.8) is 0 Å². The van der Waals surface area contributed by atoms with Crippen molar-refractivity contribution in [3.8, 4) is 5.75 Å². The molecule has 144 valence electrons. The van der Waals surface area contributed by atoms with Gasteiger partial charge in [0, 0.05) is 29.6 Å². The molecule has 0 bridgehead atoms. The number of nitrogens with one attached hydrogen (secondary N) is 1. The van der Waals surface area contributed by atoms with Crippen molar-refractivity contribution in [1.29, 1.82) is 0 Å². The normalized spacial score (nSPS) is 16.1. The first-order chi connectivity index (χ1) is 13.0. The average molecular weight is 432 g/mol. The van der Waals surface area contributed by atoms with Crippen LogP contribution in [0.15, 0.2) is 53.0 Å². The van der Waals surface area contributed by atoms with Gasteiger partial charge in [-0.3, -0.25) is 4.79 Å². The Bertz CT molecular complexity index is 770. The molecule has 1 heterocycles. The molecule has 4 nitrogen and oxygen atoms in total. The Morgan fingerprint density at radius 2 is 1.89 bits per heavy atom. The summed E-state index contributed by atoms with van der Waals surface area (Å²) in [7, 11) is 0. The highest BCUT2D eigenvalue weighted by Gasteiger charge is 2.35. The molecule has 1 N–H and O–H groups in total. The Balaban J connectivity index is 1.79. The maximum absolute atomic E-state index is 12.9. The van der Waals surface area contributed by atoms with Crippen molar-refractivity contribution < 1.29 is 14.3 Å². The standard InChI is InChI=1S/C22H26BrNO3/c1-16(2)27-20-14-18(23)8-9-19(20)21(25)24-15-22(10-12-26-13-11-22)17-6-4-3-5-7-17/h3-9,14,16H,10-13,15H2,1-2H3,(H,24,25). The second-order valence-electron chi connectivity index (χ2n) is 7.25. The number of carbonyl (C=O) groups excluding carboxylic acids is 1. The quantitative estimate of drug-likeness (QED) is 0.719. The highest BCUT2D eigenvalue weighted by molar-refractivity contribution is 9.10. The molecule has 0 unspecified atom stereocenters. The summed E-state index contributed by atoms with van der Waals surface area (Å²) >= 11 is 3.45. The average Bonchev–Trinajstić information content (AvgIpc) is 2.67. The molecule has 1 saturated heterocycles. The molecule has 0 atom stereocenters. The minimum absolute atomic E-state index is 0.00277. The molecule has 1 amide bonds. The zero-order valence-corrected chi connectivity index (χ0v) is 17.4. The Labute approximate surface area is 169 Å². The number of ether oxygens (including phenoxy) is 2. The van der Waals surface area contributed by atoms with E-state index in [4.69, 9.17) is 9.47 Å². The molecule has 2 aromatic rings. The van der Waals surface area contributed by atoms with Crippen molar-refractivity contribution in [1.82, 2.24) is 5.32 Å². The summed E-state index contributed by atoms with van der Waals surface area (Å²) in [5, 5.41) is 3.15. The van der Waals surface area contributed by atoms with E-state index in [1.165, 1.54) is 5.56 Å². The van der Waals surface area contributed by atoms with Crippen LogP contribution in [0, 0.1) is 0 Å². The molecule has 0 aromatic heterocycles. The van der Waals surface area contributed by atoms with Gasteiger partial charge < -0.3 is 14.8 Å².